The summed E-state index contributed by atoms with van der Waals surface area (Å²) in [4.78, 5) is 24.7. The third-order valence-electron chi connectivity index (χ3n) is 4.14. The van der Waals surface area contributed by atoms with Crippen molar-refractivity contribution in [3.05, 3.63) is 58.6 Å². The summed E-state index contributed by atoms with van der Waals surface area (Å²) in [6, 6.07) is 6.26. The number of carbonyl (C=O) groups is 2. The number of nitrogens with zero attached hydrogens (tertiary/aromatic N) is 1. The number of rotatable bonds is 3. The molecule has 148 valence electrons. The first-order valence-electron chi connectivity index (χ1n) is 7.80. The van der Waals surface area contributed by atoms with Crippen LogP contribution in [0.3, 0.4) is 0 Å². The number of sulfonamides is 1. The number of anilines is 1. The summed E-state index contributed by atoms with van der Waals surface area (Å²) < 4.78 is 64.2. The van der Waals surface area contributed by atoms with Gasteiger partial charge in [0.25, 0.3) is 15.9 Å². The summed E-state index contributed by atoms with van der Waals surface area (Å²) in [5, 5.41) is 1.98. The van der Waals surface area contributed by atoms with Gasteiger partial charge in [-0.1, -0.05) is 23.7 Å². The number of fused-ring (bicyclic) bond motifs is 1. The number of halogens is 4. The number of alkyl halides is 3. The van der Waals surface area contributed by atoms with Gasteiger partial charge in [-0.05, 0) is 37.3 Å². The first kappa shape index (κ1) is 20.2. The zero-order valence-corrected chi connectivity index (χ0v) is 15.7. The minimum atomic E-state index is -4.66. The van der Waals surface area contributed by atoms with E-state index in [1.165, 1.54) is 24.3 Å². The maximum atomic E-state index is 12.9. The Labute approximate surface area is 163 Å². The van der Waals surface area contributed by atoms with Crippen LogP contribution in [0.1, 0.15) is 22.8 Å². The molecule has 1 heterocycles. The van der Waals surface area contributed by atoms with Gasteiger partial charge >= 0.3 is 6.18 Å². The molecule has 1 aliphatic rings. The highest BCUT2D eigenvalue weighted by Crippen LogP contribution is 2.35. The van der Waals surface area contributed by atoms with Gasteiger partial charge in [0.15, 0.2) is 0 Å². The van der Waals surface area contributed by atoms with E-state index in [1.54, 1.807) is 0 Å². The summed E-state index contributed by atoms with van der Waals surface area (Å²) >= 11 is 5.83. The van der Waals surface area contributed by atoms with Gasteiger partial charge in [-0.3, -0.25) is 9.59 Å². The fourth-order valence-corrected chi connectivity index (χ4v) is 4.62. The fourth-order valence-electron chi connectivity index (χ4n) is 2.73. The maximum absolute atomic E-state index is 12.9. The van der Waals surface area contributed by atoms with Gasteiger partial charge in [0.05, 0.1) is 21.8 Å². The van der Waals surface area contributed by atoms with Crippen molar-refractivity contribution in [2.45, 2.75) is 24.0 Å². The van der Waals surface area contributed by atoms with Gasteiger partial charge in [0.1, 0.15) is 10.9 Å². The highest BCUT2D eigenvalue weighted by Gasteiger charge is 2.45. The Hall–Kier alpha value is -2.59. The predicted molar refractivity (Wildman–Crippen MR) is 94.3 cm³/mol. The molecule has 0 spiro atoms. The zero-order valence-electron chi connectivity index (χ0n) is 14.1. The van der Waals surface area contributed by atoms with E-state index in [9.17, 15) is 31.2 Å². The highest BCUT2D eigenvalue weighted by molar-refractivity contribution is 7.90. The number of hydrogen-bond donors (Lipinski definition) is 1. The topological polar surface area (TPSA) is 83.6 Å². The Morgan fingerprint density at radius 2 is 1.82 bits per heavy atom. The Morgan fingerprint density at radius 1 is 1.18 bits per heavy atom. The molecule has 1 aliphatic heterocycles. The first-order chi connectivity index (χ1) is 12.9. The molecule has 0 radical (unpaired) electrons. The van der Waals surface area contributed by atoms with E-state index in [-0.39, 0.29) is 21.2 Å². The minimum absolute atomic E-state index is 0.0840. The third kappa shape index (κ3) is 3.33. The van der Waals surface area contributed by atoms with Crippen LogP contribution in [0.4, 0.5) is 18.9 Å². The summed E-state index contributed by atoms with van der Waals surface area (Å²) in [5.74, 6) is -1.90. The smallest absolute Gasteiger partial charge is 0.323 e. The van der Waals surface area contributed by atoms with Crippen LogP contribution in [0.25, 0.3) is 0 Å². The Morgan fingerprint density at radius 3 is 2.43 bits per heavy atom. The molecule has 1 atom stereocenters. The molecule has 1 N–H and O–H groups in total. The fraction of sp³-hybridized carbons (Fsp3) is 0.176. The predicted octanol–water partition coefficient (Wildman–Crippen LogP) is 3.53. The van der Waals surface area contributed by atoms with Crippen LogP contribution in [-0.2, 0) is 21.0 Å². The molecular formula is C17H12ClF3N2O4S. The van der Waals surface area contributed by atoms with Gasteiger partial charge in [-0.15, -0.1) is 0 Å². The van der Waals surface area contributed by atoms with E-state index in [1.807, 2.05) is 0 Å². The summed E-state index contributed by atoms with van der Waals surface area (Å²) in [5.41, 5.74) is -1.48. The molecule has 3 rings (SSSR count). The van der Waals surface area contributed by atoms with E-state index in [0.717, 1.165) is 19.1 Å². The number of amides is 2. The Balaban J connectivity index is 1.90. The van der Waals surface area contributed by atoms with E-state index in [0.29, 0.717) is 10.4 Å². The molecule has 2 aromatic rings. The largest absolute Gasteiger partial charge is 0.416 e. The minimum Gasteiger partial charge on any atom is -0.323 e. The van der Waals surface area contributed by atoms with E-state index in [4.69, 9.17) is 11.6 Å². The molecule has 0 saturated carbocycles. The first-order valence-corrected chi connectivity index (χ1v) is 9.62. The lowest BCUT2D eigenvalue weighted by Crippen LogP contribution is -2.45. The van der Waals surface area contributed by atoms with Crippen molar-refractivity contribution in [1.82, 2.24) is 4.31 Å². The summed E-state index contributed by atoms with van der Waals surface area (Å²) in [6.07, 6.45) is -4.66. The zero-order chi connectivity index (χ0) is 20.9. The van der Waals surface area contributed by atoms with E-state index in [2.05, 4.69) is 5.32 Å². The van der Waals surface area contributed by atoms with Crippen LogP contribution in [0, 0.1) is 0 Å². The van der Waals surface area contributed by atoms with Gasteiger partial charge in [0.2, 0.25) is 5.91 Å². The average Bonchev–Trinajstić information content (AvgIpc) is 2.82. The summed E-state index contributed by atoms with van der Waals surface area (Å²) in [7, 11) is -4.26. The molecule has 6 nitrogen and oxygen atoms in total. The van der Waals surface area contributed by atoms with Crippen LogP contribution in [-0.4, -0.2) is 30.6 Å². The van der Waals surface area contributed by atoms with Crippen LogP contribution >= 0.6 is 11.6 Å². The van der Waals surface area contributed by atoms with Crippen molar-refractivity contribution in [3.8, 4) is 0 Å². The lowest BCUT2D eigenvalue weighted by molar-refractivity contribution is -0.137. The van der Waals surface area contributed by atoms with E-state index >= 15 is 0 Å². The van der Waals surface area contributed by atoms with Crippen LogP contribution in [0.15, 0.2) is 47.4 Å². The monoisotopic (exact) mass is 432 g/mol. The Bertz CT molecular complexity index is 1090. The molecule has 1 unspecified atom stereocenters. The second-order valence-electron chi connectivity index (χ2n) is 5.96. The normalized spacial score (nSPS) is 16.6. The lowest BCUT2D eigenvalue weighted by atomic mass is 10.1. The van der Waals surface area contributed by atoms with Crippen LogP contribution in [0.2, 0.25) is 5.02 Å². The standard InChI is InChI=1S/C17H12ClF3N2O4S/c1-9(23-16(25)11-4-2-3-5-14(11)28(23,26)27)15(24)22-13-8-10(17(19,20)21)6-7-12(13)18/h2-9H,1H3,(H,22,24). The maximum Gasteiger partial charge on any atom is 0.416 e. The van der Waals surface area contributed by atoms with Crippen LogP contribution in [0.5, 0.6) is 0 Å². The highest BCUT2D eigenvalue weighted by atomic mass is 35.5. The molecule has 2 aromatic carbocycles. The second-order valence-corrected chi connectivity index (χ2v) is 8.15. The molecule has 28 heavy (non-hydrogen) atoms. The van der Waals surface area contributed by atoms with Gasteiger partial charge < -0.3 is 5.32 Å². The van der Waals surface area contributed by atoms with Crippen LogP contribution < -0.4 is 5.32 Å². The average molecular weight is 433 g/mol. The second kappa shape index (κ2) is 6.78. The van der Waals surface area contributed by atoms with Crippen molar-refractivity contribution >= 4 is 39.1 Å². The molecule has 0 bridgehead atoms. The van der Waals surface area contributed by atoms with Gasteiger partial charge in [0, 0.05) is 0 Å². The molecule has 0 aliphatic carbocycles. The van der Waals surface area contributed by atoms with Crippen molar-refractivity contribution < 1.29 is 31.2 Å². The number of nitrogens with one attached hydrogen (secondary N) is 1. The number of carbonyl (C=O) groups excluding carboxylic acids is 2. The van der Waals surface area contributed by atoms with Gasteiger partial charge in [-0.25, -0.2) is 12.7 Å². The molecular weight excluding hydrogens is 421 g/mol. The molecule has 0 saturated heterocycles. The third-order valence-corrected chi connectivity index (χ3v) is 6.38. The van der Waals surface area contributed by atoms with Crippen molar-refractivity contribution in [1.29, 1.82) is 0 Å². The van der Waals surface area contributed by atoms with Gasteiger partial charge in [-0.2, -0.15) is 13.2 Å². The number of benzene rings is 2. The van der Waals surface area contributed by atoms with Crippen molar-refractivity contribution in [3.63, 3.8) is 0 Å². The quantitative estimate of drug-likeness (QED) is 0.804. The van der Waals surface area contributed by atoms with Crippen molar-refractivity contribution in [2.24, 2.45) is 0 Å². The number of hydrogen-bond acceptors (Lipinski definition) is 4. The molecule has 2 amide bonds. The summed E-state index contributed by atoms with van der Waals surface area (Å²) in [6.45, 7) is 1.15. The Kier molecular flexibility index (Phi) is 4.88. The molecule has 11 heteroatoms. The molecule has 0 aromatic heterocycles. The van der Waals surface area contributed by atoms with E-state index < -0.39 is 39.6 Å². The molecule has 0 fully saturated rings. The lowest BCUT2D eigenvalue weighted by Gasteiger charge is -2.22. The SMILES string of the molecule is CC(C(=O)Nc1cc(C(F)(F)F)ccc1Cl)N1C(=O)c2ccccc2S1(=O)=O. The van der Waals surface area contributed by atoms with Crippen molar-refractivity contribution in [2.75, 3.05) is 5.32 Å².